The van der Waals surface area contributed by atoms with Crippen LogP contribution in [0.5, 0.6) is 5.88 Å². The SMILES string of the molecule is CCOC(=O)c1nc2ccc([N+](=O)[O-])cc2nc1OCC. The van der Waals surface area contributed by atoms with Gasteiger partial charge in [0.1, 0.15) is 0 Å². The first kappa shape index (κ1) is 14.6. The Morgan fingerprint density at radius 3 is 2.62 bits per heavy atom. The summed E-state index contributed by atoms with van der Waals surface area (Å²) in [6.07, 6.45) is 0. The summed E-state index contributed by atoms with van der Waals surface area (Å²) in [5.74, 6) is -0.641. The van der Waals surface area contributed by atoms with Gasteiger partial charge in [-0.3, -0.25) is 10.1 Å². The Balaban J connectivity index is 2.58. The largest absolute Gasteiger partial charge is 0.476 e. The minimum absolute atomic E-state index is 0.00366. The van der Waals surface area contributed by atoms with Crippen LogP contribution in [0, 0.1) is 10.1 Å². The van der Waals surface area contributed by atoms with Gasteiger partial charge in [0, 0.05) is 12.1 Å². The van der Waals surface area contributed by atoms with Crippen LogP contribution in [-0.2, 0) is 4.74 Å². The molecule has 110 valence electrons. The zero-order chi connectivity index (χ0) is 15.4. The number of nitro groups is 1. The molecular weight excluding hydrogens is 278 g/mol. The van der Waals surface area contributed by atoms with Gasteiger partial charge in [-0.1, -0.05) is 0 Å². The van der Waals surface area contributed by atoms with Crippen molar-refractivity contribution >= 4 is 22.7 Å². The Hall–Kier alpha value is -2.77. The van der Waals surface area contributed by atoms with Gasteiger partial charge in [-0.05, 0) is 19.9 Å². The number of carbonyl (C=O) groups is 1. The highest BCUT2D eigenvalue weighted by Crippen LogP contribution is 2.23. The Labute approximate surface area is 119 Å². The molecule has 0 aliphatic carbocycles. The van der Waals surface area contributed by atoms with E-state index in [0.717, 1.165) is 0 Å². The fourth-order valence-electron chi connectivity index (χ4n) is 1.71. The molecule has 0 spiro atoms. The number of nitrogens with zero attached hydrogens (tertiary/aromatic N) is 3. The quantitative estimate of drug-likeness (QED) is 0.472. The standard InChI is InChI=1S/C13H13N3O5/c1-3-20-12-11(13(17)21-4-2)14-9-6-5-8(16(18)19)7-10(9)15-12/h5-7H,3-4H2,1-2H3. The first-order valence-electron chi connectivity index (χ1n) is 6.33. The van der Waals surface area contributed by atoms with Gasteiger partial charge in [-0.25, -0.2) is 14.8 Å². The zero-order valence-corrected chi connectivity index (χ0v) is 11.5. The summed E-state index contributed by atoms with van der Waals surface area (Å²) in [7, 11) is 0. The minimum Gasteiger partial charge on any atom is -0.476 e. The van der Waals surface area contributed by atoms with Crippen molar-refractivity contribution in [3.05, 3.63) is 34.0 Å². The molecule has 8 nitrogen and oxygen atoms in total. The van der Waals surface area contributed by atoms with Crippen molar-refractivity contribution in [1.82, 2.24) is 9.97 Å². The molecule has 1 aromatic carbocycles. The number of ether oxygens (including phenoxy) is 2. The maximum atomic E-state index is 11.8. The summed E-state index contributed by atoms with van der Waals surface area (Å²) in [5, 5.41) is 10.8. The number of fused-ring (bicyclic) bond motifs is 1. The molecule has 0 fully saturated rings. The van der Waals surface area contributed by atoms with E-state index >= 15 is 0 Å². The molecular formula is C13H13N3O5. The van der Waals surface area contributed by atoms with E-state index in [9.17, 15) is 14.9 Å². The van der Waals surface area contributed by atoms with Crippen molar-refractivity contribution in [3.8, 4) is 5.88 Å². The van der Waals surface area contributed by atoms with Crippen LogP contribution in [0.3, 0.4) is 0 Å². The summed E-state index contributed by atoms with van der Waals surface area (Å²) >= 11 is 0. The third-order valence-electron chi connectivity index (χ3n) is 2.58. The lowest BCUT2D eigenvalue weighted by Gasteiger charge is -2.09. The first-order valence-corrected chi connectivity index (χ1v) is 6.33. The fourth-order valence-corrected chi connectivity index (χ4v) is 1.71. The smallest absolute Gasteiger partial charge is 0.362 e. The van der Waals surface area contributed by atoms with E-state index < -0.39 is 10.9 Å². The van der Waals surface area contributed by atoms with Gasteiger partial charge in [-0.2, -0.15) is 0 Å². The van der Waals surface area contributed by atoms with Gasteiger partial charge in [0.15, 0.2) is 0 Å². The maximum Gasteiger partial charge on any atom is 0.362 e. The first-order chi connectivity index (χ1) is 10.1. The van der Waals surface area contributed by atoms with Crippen LogP contribution in [0.2, 0.25) is 0 Å². The molecule has 0 radical (unpaired) electrons. The van der Waals surface area contributed by atoms with Crippen LogP contribution in [0.25, 0.3) is 11.0 Å². The monoisotopic (exact) mass is 291 g/mol. The molecule has 0 saturated carbocycles. The van der Waals surface area contributed by atoms with Crippen LogP contribution in [0.15, 0.2) is 18.2 Å². The second-order valence-electron chi connectivity index (χ2n) is 3.96. The van der Waals surface area contributed by atoms with Gasteiger partial charge < -0.3 is 9.47 Å². The lowest BCUT2D eigenvalue weighted by molar-refractivity contribution is -0.384. The van der Waals surface area contributed by atoms with E-state index in [1.54, 1.807) is 13.8 Å². The normalized spacial score (nSPS) is 10.4. The van der Waals surface area contributed by atoms with E-state index in [1.165, 1.54) is 18.2 Å². The van der Waals surface area contributed by atoms with Crippen LogP contribution >= 0.6 is 0 Å². The molecule has 2 rings (SSSR count). The molecule has 0 N–H and O–H groups in total. The fraction of sp³-hybridized carbons (Fsp3) is 0.308. The lowest BCUT2D eigenvalue weighted by atomic mass is 10.2. The van der Waals surface area contributed by atoms with Gasteiger partial charge in [0.2, 0.25) is 11.6 Å². The summed E-state index contributed by atoms with van der Waals surface area (Å²) in [5.41, 5.74) is 0.482. The number of hydrogen-bond donors (Lipinski definition) is 0. The Bertz CT molecular complexity index is 702. The molecule has 8 heteroatoms. The second kappa shape index (κ2) is 6.12. The van der Waals surface area contributed by atoms with Crippen LogP contribution in [0.4, 0.5) is 5.69 Å². The van der Waals surface area contributed by atoms with E-state index in [-0.39, 0.29) is 36.0 Å². The number of rotatable bonds is 5. The lowest BCUT2D eigenvalue weighted by Crippen LogP contribution is -2.12. The Morgan fingerprint density at radius 1 is 1.24 bits per heavy atom. The molecule has 0 aliphatic heterocycles. The van der Waals surface area contributed by atoms with Crippen LogP contribution in [0.1, 0.15) is 24.3 Å². The minimum atomic E-state index is -0.645. The van der Waals surface area contributed by atoms with Crippen molar-refractivity contribution in [1.29, 1.82) is 0 Å². The molecule has 0 saturated heterocycles. The van der Waals surface area contributed by atoms with Crippen molar-refractivity contribution in [2.24, 2.45) is 0 Å². The van der Waals surface area contributed by atoms with Gasteiger partial charge in [0.05, 0.1) is 29.2 Å². The molecule has 1 aromatic heterocycles. The van der Waals surface area contributed by atoms with Crippen molar-refractivity contribution in [2.45, 2.75) is 13.8 Å². The molecule has 0 aliphatic rings. The number of benzene rings is 1. The molecule has 0 atom stereocenters. The molecule has 0 unspecified atom stereocenters. The topological polar surface area (TPSA) is 104 Å². The number of non-ortho nitro benzene ring substituents is 1. The highest BCUT2D eigenvalue weighted by Gasteiger charge is 2.20. The number of nitro benzene ring substituents is 1. The van der Waals surface area contributed by atoms with Crippen molar-refractivity contribution in [2.75, 3.05) is 13.2 Å². The van der Waals surface area contributed by atoms with Gasteiger partial charge >= 0.3 is 5.97 Å². The summed E-state index contributed by atoms with van der Waals surface area (Å²) in [6, 6.07) is 4.00. The highest BCUT2D eigenvalue weighted by atomic mass is 16.6. The number of hydrogen-bond acceptors (Lipinski definition) is 7. The third-order valence-corrected chi connectivity index (χ3v) is 2.58. The number of aromatic nitrogens is 2. The predicted molar refractivity (Wildman–Crippen MR) is 73.3 cm³/mol. The van der Waals surface area contributed by atoms with E-state index in [4.69, 9.17) is 9.47 Å². The van der Waals surface area contributed by atoms with Gasteiger partial charge in [-0.15, -0.1) is 0 Å². The number of esters is 1. The van der Waals surface area contributed by atoms with Crippen molar-refractivity contribution in [3.63, 3.8) is 0 Å². The summed E-state index contributed by atoms with van der Waals surface area (Å²) in [4.78, 5) is 30.3. The zero-order valence-electron chi connectivity index (χ0n) is 11.5. The average Bonchev–Trinajstić information content (AvgIpc) is 2.46. The third kappa shape index (κ3) is 3.04. The van der Waals surface area contributed by atoms with E-state index in [2.05, 4.69) is 9.97 Å². The van der Waals surface area contributed by atoms with E-state index in [1.807, 2.05) is 0 Å². The predicted octanol–water partition coefficient (Wildman–Crippen LogP) is 2.11. The van der Waals surface area contributed by atoms with Crippen LogP contribution < -0.4 is 4.74 Å². The summed E-state index contributed by atoms with van der Waals surface area (Å²) < 4.78 is 10.2. The van der Waals surface area contributed by atoms with Crippen molar-refractivity contribution < 1.29 is 19.2 Å². The molecule has 0 bridgehead atoms. The Kier molecular flexibility index (Phi) is 4.27. The molecule has 1 heterocycles. The molecule has 21 heavy (non-hydrogen) atoms. The number of carbonyl (C=O) groups excluding carboxylic acids is 1. The maximum absolute atomic E-state index is 11.8. The van der Waals surface area contributed by atoms with E-state index in [0.29, 0.717) is 5.52 Å². The van der Waals surface area contributed by atoms with Gasteiger partial charge in [0.25, 0.3) is 5.69 Å². The van der Waals surface area contributed by atoms with Crippen LogP contribution in [-0.4, -0.2) is 34.1 Å². The Morgan fingerprint density at radius 2 is 2.00 bits per heavy atom. The average molecular weight is 291 g/mol. The highest BCUT2D eigenvalue weighted by molar-refractivity contribution is 5.92. The molecule has 0 amide bonds. The summed E-state index contributed by atoms with van der Waals surface area (Å²) in [6.45, 7) is 3.89. The second-order valence-corrected chi connectivity index (χ2v) is 3.96. The molecule has 2 aromatic rings.